The van der Waals surface area contributed by atoms with Gasteiger partial charge in [-0.25, -0.2) is 4.39 Å². The molecular formula is C21H26FN3O. The topological polar surface area (TPSA) is 35.6 Å². The minimum absolute atomic E-state index is 0.0928. The molecule has 0 spiro atoms. The summed E-state index contributed by atoms with van der Waals surface area (Å²) in [6.07, 6.45) is 0. The standard InChI is InChI=1S/C21H26FN3O/c1-16-8-9-19(14-20(16)22)23-21(26)17(2)25-12-10-24(11-13-25)15-18-6-4-3-5-7-18/h3-9,14,17H,10-13,15H2,1-2H3,(H,23,26)/t17-/m1/s1. The lowest BCUT2D eigenvalue weighted by Gasteiger charge is -2.37. The third-order valence-electron chi connectivity index (χ3n) is 5.02. The van der Waals surface area contributed by atoms with Gasteiger partial charge in [0, 0.05) is 38.4 Å². The fourth-order valence-electron chi connectivity index (χ4n) is 3.23. The van der Waals surface area contributed by atoms with Crippen molar-refractivity contribution in [2.24, 2.45) is 0 Å². The maximum Gasteiger partial charge on any atom is 0.241 e. The van der Waals surface area contributed by atoms with Crippen LogP contribution in [0.3, 0.4) is 0 Å². The lowest BCUT2D eigenvalue weighted by atomic mass is 10.1. The Kier molecular flexibility index (Phi) is 6.01. The highest BCUT2D eigenvalue weighted by molar-refractivity contribution is 5.94. The molecule has 4 nitrogen and oxygen atoms in total. The first kappa shape index (κ1) is 18.5. The fourth-order valence-corrected chi connectivity index (χ4v) is 3.23. The van der Waals surface area contributed by atoms with Gasteiger partial charge in [-0.3, -0.25) is 14.6 Å². The molecule has 0 unspecified atom stereocenters. The first-order valence-electron chi connectivity index (χ1n) is 9.10. The first-order chi connectivity index (χ1) is 12.5. The van der Waals surface area contributed by atoms with Crippen molar-refractivity contribution in [3.05, 3.63) is 65.5 Å². The van der Waals surface area contributed by atoms with E-state index in [1.165, 1.54) is 11.6 Å². The number of hydrogen-bond donors (Lipinski definition) is 1. The van der Waals surface area contributed by atoms with Crippen LogP contribution in [0.15, 0.2) is 48.5 Å². The SMILES string of the molecule is Cc1ccc(NC(=O)[C@@H](C)N2CCN(Cc3ccccc3)CC2)cc1F. The summed E-state index contributed by atoms with van der Waals surface area (Å²) in [6, 6.07) is 15.0. The van der Waals surface area contributed by atoms with Crippen molar-refractivity contribution >= 4 is 11.6 Å². The molecule has 1 aliphatic heterocycles. The monoisotopic (exact) mass is 355 g/mol. The third-order valence-corrected chi connectivity index (χ3v) is 5.02. The maximum atomic E-state index is 13.6. The first-order valence-corrected chi connectivity index (χ1v) is 9.10. The van der Waals surface area contributed by atoms with Crippen molar-refractivity contribution in [2.75, 3.05) is 31.5 Å². The molecule has 5 heteroatoms. The van der Waals surface area contributed by atoms with Crippen LogP contribution in [0.4, 0.5) is 10.1 Å². The summed E-state index contributed by atoms with van der Waals surface area (Å²) in [4.78, 5) is 17.1. The van der Waals surface area contributed by atoms with Gasteiger partial charge >= 0.3 is 0 Å². The van der Waals surface area contributed by atoms with Gasteiger partial charge in [-0.05, 0) is 37.1 Å². The number of anilines is 1. The Morgan fingerprint density at radius 3 is 2.46 bits per heavy atom. The molecule has 2 aromatic rings. The van der Waals surface area contributed by atoms with Crippen molar-refractivity contribution in [1.29, 1.82) is 0 Å². The van der Waals surface area contributed by atoms with Crippen molar-refractivity contribution in [1.82, 2.24) is 9.80 Å². The number of aryl methyl sites for hydroxylation is 1. The largest absolute Gasteiger partial charge is 0.325 e. The lowest BCUT2D eigenvalue weighted by molar-refractivity contribution is -0.121. The van der Waals surface area contributed by atoms with Gasteiger partial charge in [0.1, 0.15) is 5.82 Å². The molecule has 0 aliphatic carbocycles. The molecule has 0 saturated carbocycles. The van der Waals surface area contributed by atoms with Crippen molar-refractivity contribution in [2.45, 2.75) is 26.4 Å². The van der Waals surface area contributed by atoms with Crippen LogP contribution in [0, 0.1) is 12.7 Å². The molecule has 1 amide bonds. The molecule has 2 aromatic carbocycles. The highest BCUT2D eigenvalue weighted by Gasteiger charge is 2.25. The van der Waals surface area contributed by atoms with Gasteiger partial charge in [0.15, 0.2) is 0 Å². The van der Waals surface area contributed by atoms with Gasteiger partial charge in [-0.15, -0.1) is 0 Å². The molecule has 1 fully saturated rings. The summed E-state index contributed by atoms with van der Waals surface area (Å²) in [5, 5.41) is 2.82. The number of nitrogens with one attached hydrogen (secondary N) is 1. The molecule has 1 saturated heterocycles. The maximum absolute atomic E-state index is 13.6. The number of piperazine rings is 1. The van der Waals surface area contributed by atoms with E-state index < -0.39 is 0 Å². The van der Waals surface area contributed by atoms with Crippen molar-refractivity contribution in [3.8, 4) is 0 Å². The van der Waals surface area contributed by atoms with Crippen molar-refractivity contribution < 1.29 is 9.18 Å². The molecular weight excluding hydrogens is 329 g/mol. The normalized spacial score (nSPS) is 17.0. The van der Waals surface area contributed by atoms with Gasteiger partial charge in [-0.1, -0.05) is 36.4 Å². The zero-order valence-electron chi connectivity index (χ0n) is 15.4. The van der Waals surface area contributed by atoms with Crippen LogP contribution < -0.4 is 5.32 Å². The number of hydrogen-bond acceptors (Lipinski definition) is 3. The van der Waals surface area contributed by atoms with E-state index in [0.29, 0.717) is 11.3 Å². The molecule has 1 heterocycles. The second-order valence-electron chi connectivity index (χ2n) is 6.93. The molecule has 1 aliphatic rings. The van der Waals surface area contributed by atoms with Crippen LogP contribution in [-0.4, -0.2) is 47.9 Å². The van der Waals surface area contributed by atoms with Crippen LogP contribution in [-0.2, 0) is 11.3 Å². The van der Waals surface area contributed by atoms with E-state index in [0.717, 1.165) is 32.7 Å². The minimum atomic E-state index is -0.301. The van der Waals surface area contributed by atoms with E-state index in [-0.39, 0.29) is 17.8 Å². The van der Waals surface area contributed by atoms with E-state index in [9.17, 15) is 9.18 Å². The van der Waals surface area contributed by atoms with Crippen LogP contribution >= 0.6 is 0 Å². The Bertz CT molecular complexity index is 742. The Balaban J connectivity index is 1.50. The molecule has 1 atom stereocenters. The average Bonchev–Trinajstić information content (AvgIpc) is 2.65. The number of carbonyl (C=O) groups is 1. The number of benzene rings is 2. The van der Waals surface area contributed by atoms with Gasteiger partial charge in [0.2, 0.25) is 5.91 Å². The highest BCUT2D eigenvalue weighted by atomic mass is 19.1. The predicted molar refractivity (Wildman–Crippen MR) is 103 cm³/mol. The molecule has 3 rings (SSSR count). The quantitative estimate of drug-likeness (QED) is 0.894. The van der Waals surface area contributed by atoms with E-state index in [1.807, 2.05) is 13.0 Å². The number of halogens is 1. The smallest absolute Gasteiger partial charge is 0.241 e. The van der Waals surface area contributed by atoms with E-state index in [2.05, 4.69) is 39.4 Å². The summed E-state index contributed by atoms with van der Waals surface area (Å²) in [5.41, 5.74) is 2.39. The van der Waals surface area contributed by atoms with Crippen LogP contribution in [0.1, 0.15) is 18.1 Å². The lowest BCUT2D eigenvalue weighted by Crippen LogP contribution is -2.52. The van der Waals surface area contributed by atoms with Crippen LogP contribution in [0.2, 0.25) is 0 Å². The second-order valence-corrected chi connectivity index (χ2v) is 6.93. The number of rotatable bonds is 5. The summed E-state index contributed by atoms with van der Waals surface area (Å²) in [7, 11) is 0. The summed E-state index contributed by atoms with van der Waals surface area (Å²) in [5.74, 6) is -0.394. The van der Waals surface area contributed by atoms with E-state index in [1.54, 1.807) is 19.1 Å². The zero-order chi connectivity index (χ0) is 18.5. The van der Waals surface area contributed by atoms with Gasteiger partial charge in [0.25, 0.3) is 0 Å². The van der Waals surface area contributed by atoms with Crippen LogP contribution in [0.5, 0.6) is 0 Å². The molecule has 0 radical (unpaired) electrons. The third kappa shape index (κ3) is 4.68. The Labute approximate surface area is 154 Å². The average molecular weight is 355 g/mol. The molecule has 138 valence electrons. The summed E-state index contributed by atoms with van der Waals surface area (Å²) in [6.45, 7) is 8.13. The molecule has 26 heavy (non-hydrogen) atoms. The number of nitrogens with zero attached hydrogens (tertiary/aromatic N) is 2. The second kappa shape index (κ2) is 8.43. The zero-order valence-corrected chi connectivity index (χ0v) is 15.4. The molecule has 0 aromatic heterocycles. The van der Waals surface area contributed by atoms with E-state index >= 15 is 0 Å². The minimum Gasteiger partial charge on any atom is -0.325 e. The Morgan fingerprint density at radius 1 is 1.12 bits per heavy atom. The van der Waals surface area contributed by atoms with Crippen LogP contribution in [0.25, 0.3) is 0 Å². The summed E-state index contributed by atoms with van der Waals surface area (Å²) >= 11 is 0. The Morgan fingerprint density at radius 2 is 1.81 bits per heavy atom. The van der Waals surface area contributed by atoms with E-state index in [4.69, 9.17) is 0 Å². The summed E-state index contributed by atoms with van der Waals surface area (Å²) < 4.78 is 13.6. The van der Waals surface area contributed by atoms with Gasteiger partial charge in [0.05, 0.1) is 6.04 Å². The Hall–Kier alpha value is -2.24. The number of amides is 1. The fraction of sp³-hybridized carbons (Fsp3) is 0.381. The number of carbonyl (C=O) groups excluding carboxylic acids is 1. The highest BCUT2D eigenvalue weighted by Crippen LogP contribution is 2.16. The van der Waals surface area contributed by atoms with Gasteiger partial charge < -0.3 is 5.32 Å². The van der Waals surface area contributed by atoms with Crippen molar-refractivity contribution in [3.63, 3.8) is 0 Å². The van der Waals surface area contributed by atoms with Gasteiger partial charge in [-0.2, -0.15) is 0 Å². The molecule has 1 N–H and O–H groups in total. The molecule has 0 bridgehead atoms. The predicted octanol–water partition coefficient (Wildman–Crippen LogP) is 3.28.